The second-order valence-corrected chi connectivity index (χ2v) is 7.54. The molecule has 3 aromatic rings. The van der Waals surface area contributed by atoms with E-state index in [1.807, 2.05) is 47.4 Å². The number of aromatic nitrogens is 2. The van der Waals surface area contributed by atoms with Crippen LogP contribution in [0.25, 0.3) is 0 Å². The number of piperidine rings is 1. The van der Waals surface area contributed by atoms with Crippen molar-refractivity contribution in [3.05, 3.63) is 95.3 Å². The molecule has 0 spiro atoms. The Hall–Kier alpha value is -3.08. The number of nitrogens with zero attached hydrogens (tertiary/aromatic N) is 3. The largest absolute Gasteiger partial charge is 0.342 e. The minimum atomic E-state index is -0.229. The molecular weight excluding hydrogens is 365 g/mol. The molecule has 1 aliphatic heterocycles. The first-order valence-corrected chi connectivity index (χ1v) is 10.1. The number of amides is 1. The van der Waals surface area contributed by atoms with Crippen molar-refractivity contribution in [1.29, 1.82) is 0 Å². The minimum Gasteiger partial charge on any atom is -0.342 e. The summed E-state index contributed by atoms with van der Waals surface area (Å²) in [6.45, 7) is 1.47. The van der Waals surface area contributed by atoms with Crippen molar-refractivity contribution in [3.63, 3.8) is 0 Å². The first-order valence-electron chi connectivity index (χ1n) is 10.1. The lowest BCUT2D eigenvalue weighted by atomic mass is 9.93. The van der Waals surface area contributed by atoms with E-state index >= 15 is 0 Å². The van der Waals surface area contributed by atoms with Crippen LogP contribution in [0.2, 0.25) is 0 Å². The van der Waals surface area contributed by atoms with Crippen molar-refractivity contribution in [2.75, 3.05) is 13.1 Å². The molecule has 1 amide bonds. The molecule has 4 nitrogen and oxygen atoms in total. The Morgan fingerprint density at radius 2 is 1.93 bits per heavy atom. The molecule has 0 aliphatic carbocycles. The Kier molecular flexibility index (Phi) is 5.94. The summed E-state index contributed by atoms with van der Waals surface area (Å²) in [4.78, 5) is 23.7. The molecule has 1 saturated heterocycles. The molecule has 29 heavy (non-hydrogen) atoms. The lowest BCUT2D eigenvalue weighted by molar-refractivity contribution is -0.131. The highest BCUT2D eigenvalue weighted by atomic mass is 19.1. The van der Waals surface area contributed by atoms with Gasteiger partial charge in [-0.3, -0.25) is 14.8 Å². The Labute approximate surface area is 170 Å². The lowest BCUT2D eigenvalue weighted by Crippen LogP contribution is -2.40. The molecule has 2 aromatic heterocycles. The predicted octanol–water partition coefficient (Wildman–Crippen LogP) is 4.16. The summed E-state index contributed by atoms with van der Waals surface area (Å²) >= 11 is 0. The van der Waals surface area contributed by atoms with Gasteiger partial charge in [-0.2, -0.15) is 0 Å². The van der Waals surface area contributed by atoms with E-state index in [1.54, 1.807) is 18.3 Å². The molecule has 0 unspecified atom stereocenters. The third kappa shape index (κ3) is 5.05. The number of hydrogen-bond acceptors (Lipinski definition) is 3. The van der Waals surface area contributed by atoms with E-state index in [1.165, 1.54) is 6.07 Å². The second-order valence-electron chi connectivity index (χ2n) is 7.54. The van der Waals surface area contributed by atoms with Gasteiger partial charge in [-0.25, -0.2) is 4.39 Å². The van der Waals surface area contributed by atoms with E-state index in [2.05, 4.69) is 4.98 Å². The zero-order chi connectivity index (χ0) is 20.1. The van der Waals surface area contributed by atoms with Crippen LogP contribution in [0, 0.1) is 5.82 Å². The fourth-order valence-corrected chi connectivity index (χ4v) is 3.89. The maximum absolute atomic E-state index is 13.5. The van der Waals surface area contributed by atoms with Gasteiger partial charge in [-0.1, -0.05) is 24.3 Å². The third-order valence-corrected chi connectivity index (χ3v) is 5.35. The van der Waals surface area contributed by atoms with Crippen molar-refractivity contribution in [3.8, 4) is 0 Å². The van der Waals surface area contributed by atoms with E-state index < -0.39 is 0 Å². The Morgan fingerprint density at radius 1 is 1.07 bits per heavy atom. The SMILES string of the molecule is O=C(Cc1ccccn1)N1CCC[C@H](c2cccc(Cc3cccc(F)c3)n2)C1. The summed E-state index contributed by atoms with van der Waals surface area (Å²) in [5.74, 6) is 0.112. The van der Waals surface area contributed by atoms with Gasteiger partial charge in [0.15, 0.2) is 0 Å². The van der Waals surface area contributed by atoms with Crippen LogP contribution in [-0.4, -0.2) is 33.9 Å². The maximum Gasteiger partial charge on any atom is 0.228 e. The molecule has 4 rings (SSSR count). The summed E-state index contributed by atoms with van der Waals surface area (Å²) in [7, 11) is 0. The molecule has 1 aromatic carbocycles. The third-order valence-electron chi connectivity index (χ3n) is 5.35. The van der Waals surface area contributed by atoms with Gasteiger partial charge >= 0.3 is 0 Å². The number of carbonyl (C=O) groups excluding carboxylic acids is 1. The first kappa shape index (κ1) is 19.2. The first-order chi connectivity index (χ1) is 14.2. The molecular formula is C24H24FN3O. The molecule has 0 radical (unpaired) electrons. The van der Waals surface area contributed by atoms with Crippen molar-refractivity contribution in [2.24, 2.45) is 0 Å². The summed E-state index contributed by atoms with van der Waals surface area (Å²) < 4.78 is 13.5. The molecule has 0 saturated carbocycles. The topological polar surface area (TPSA) is 46.1 Å². The van der Waals surface area contributed by atoms with Crippen LogP contribution >= 0.6 is 0 Å². The van der Waals surface area contributed by atoms with Gasteiger partial charge in [0.25, 0.3) is 0 Å². The number of hydrogen-bond donors (Lipinski definition) is 0. The van der Waals surface area contributed by atoms with Gasteiger partial charge in [0.1, 0.15) is 5.82 Å². The van der Waals surface area contributed by atoms with Crippen LogP contribution < -0.4 is 0 Å². The van der Waals surface area contributed by atoms with Crippen molar-refractivity contribution in [2.45, 2.75) is 31.6 Å². The molecule has 3 heterocycles. The molecule has 5 heteroatoms. The number of likely N-dealkylation sites (tertiary alicyclic amines) is 1. The highest BCUT2D eigenvalue weighted by Crippen LogP contribution is 2.26. The highest BCUT2D eigenvalue weighted by Gasteiger charge is 2.26. The van der Waals surface area contributed by atoms with Gasteiger partial charge in [0.2, 0.25) is 5.91 Å². The number of carbonyl (C=O) groups is 1. The highest BCUT2D eigenvalue weighted by molar-refractivity contribution is 5.78. The molecule has 1 fully saturated rings. The zero-order valence-electron chi connectivity index (χ0n) is 16.3. The Morgan fingerprint density at radius 3 is 2.76 bits per heavy atom. The van der Waals surface area contributed by atoms with Crippen molar-refractivity contribution >= 4 is 5.91 Å². The molecule has 1 atom stereocenters. The normalized spacial score (nSPS) is 16.6. The van der Waals surface area contributed by atoms with Crippen molar-refractivity contribution < 1.29 is 9.18 Å². The zero-order valence-corrected chi connectivity index (χ0v) is 16.3. The van der Waals surface area contributed by atoms with E-state index in [9.17, 15) is 9.18 Å². The summed E-state index contributed by atoms with van der Waals surface area (Å²) in [6, 6.07) is 18.3. The van der Waals surface area contributed by atoms with Gasteiger partial charge in [-0.05, 0) is 54.8 Å². The molecule has 0 bridgehead atoms. The fraction of sp³-hybridized carbons (Fsp3) is 0.292. The minimum absolute atomic E-state index is 0.115. The monoisotopic (exact) mass is 389 g/mol. The number of benzene rings is 1. The average molecular weight is 389 g/mol. The quantitative estimate of drug-likeness (QED) is 0.658. The van der Waals surface area contributed by atoms with E-state index in [0.717, 1.165) is 42.0 Å². The summed E-state index contributed by atoms with van der Waals surface area (Å²) in [5, 5.41) is 0. The van der Waals surface area contributed by atoms with Gasteiger partial charge in [0.05, 0.1) is 6.42 Å². The smallest absolute Gasteiger partial charge is 0.228 e. The van der Waals surface area contributed by atoms with E-state index in [4.69, 9.17) is 4.98 Å². The number of pyridine rings is 2. The summed E-state index contributed by atoms with van der Waals surface area (Å²) in [6.07, 6.45) is 4.63. The van der Waals surface area contributed by atoms with Gasteiger partial charge < -0.3 is 4.90 Å². The van der Waals surface area contributed by atoms with Crippen LogP contribution in [-0.2, 0) is 17.6 Å². The van der Waals surface area contributed by atoms with E-state index in [0.29, 0.717) is 19.4 Å². The summed E-state index contributed by atoms with van der Waals surface area (Å²) in [5.41, 5.74) is 3.64. The standard InChI is InChI=1S/C24H24FN3O/c25-20-8-3-6-18(14-20)15-22-10-4-11-23(27-22)19-7-5-13-28(17-19)24(29)16-21-9-1-2-12-26-21/h1-4,6,8-12,14,19H,5,7,13,15-17H2/t19-/m0/s1. The van der Waals surface area contributed by atoms with Crippen LogP contribution in [0.4, 0.5) is 4.39 Å². The molecule has 0 N–H and O–H groups in total. The van der Waals surface area contributed by atoms with Crippen LogP contribution in [0.1, 0.15) is 41.4 Å². The molecule has 148 valence electrons. The Bertz CT molecular complexity index is 977. The molecule has 1 aliphatic rings. The van der Waals surface area contributed by atoms with Crippen LogP contribution in [0.15, 0.2) is 66.9 Å². The number of rotatable bonds is 5. The Balaban J connectivity index is 1.43. The fourth-order valence-electron chi connectivity index (χ4n) is 3.89. The van der Waals surface area contributed by atoms with Gasteiger partial charge in [-0.15, -0.1) is 0 Å². The average Bonchev–Trinajstić information content (AvgIpc) is 2.75. The lowest BCUT2D eigenvalue weighted by Gasteiger charge is -2.32. The van der Waals surface area contributed by atoms with Crippen molar-refractivity contribution in [1.82, 2.24) is 14.9 Å². The van der Waals surface area contributed by atoms with Crippen LogP contribution in [0.3, 0.4) is 0 Å². The second kappa shape index (κ2) is 8.95. The predicted molar refractivity (Wildman–Crippen MR) is 110 cm³/mol. The van der Waals surface area contributed by atoms with Gasteiger partial charge in [0, 0.05) is 48.7 Å². The number of halogens is 1. The maximum atomic E-state index is 13.5. The van der Waals surface area contributed by atoms with E-state index in [-0.39, 0.29) is 17.6 Å². The van der Waals surface area contributed by atoms with Crippen LogP contribution in [0.5, 0.6) is 0 Å².